The van der Waals surface area contributed by atoms with Gasteiger partial charge < -0.3 is 15.3 Å². The molecule has 0 radical (unpaired) electrons. The Bertz CT molecular complexity index is 266. The summed E-state index contributed by atoms with van der Waals surface area (Å²) in [6.07, 6.45) is 5.71. The highest BCUT2D eigenvalue weighted by molar-refractivity contribution is 5.82. The lowest BCUT2D eigenvalue weighted by atomic mass is 10.0. The molecule has 0 spiro atoms. The van der Waals surface area contributed by atoms with Crippen LogP contribution >= 0.6 is 0 Å². The molecule has 1 aliphatic carbocycles. The van der Waals surface area contributed by atoms with E-state index in [4.69, 9.17) is 0 Å². The number of carbonyl (C=O) groups is 1. The van der Waals surface area contributed by atoms with E-state index in [2.05, 4.69) is 5.32 Å². The summed E-state index contributed by atoms with van der Waals surface area (Å²) in [6.45, 7) is 3.54. The van der Waals surface area contributed by atoms with Crippen LogP contribution in [0.1, 0.15) is 45.4 Å². The molecular weight excluding hydrogens is 216 g/mol. The highest BCUT2D eigenvalue weighted by atomic mass is 16.3. The van der Waals surface area contributed by atoms with Crippen LogP contribution in [-0.2, 0) is 4.79 Å². The Balaban J connectivity index is 1.78. The average molecular weight is 240 g/mol. The molecule has 2 atom stereocenters. The lowest BCUT2D eigenvalue weighted by molar-refractivity contribution is -0.136. The quantitative estimate of drug-likeness (QED) is 0.725. The molecule has 2 unspecified atom stereocenters. The second-order valence-corrected chi connectivity index (χ2v) is 5.31. The van der Waals surface area contributed by atoms with Gasteiger partial charge in [0.15, 0.2) is 0 Å². The van der Waals surface area contributed by atoms with Crippen LogP contribution in [0.4, 0.5) is 0 Å². The van der Waals surface area contributed by atoms with Gasteiger partial charge in [-0.2, -0.15) is 0 Å². The van der Waals surface area contributed by atoms with Crippen molar-refractivity contribution in [2.24, 2.45) is 0 Å². The Morgan fingerprint density at radius 3 is 2.88 bits per heavy atom. The third kappa shape index (κ3) is 3.68. The zero-order valence-corrected chi connectivity index (χ0v) is 10.7. The molecule has 4 heteroatoms. The van der Waals surface area contributed by atoms with Gasteiger partial charge in [0.25, 0.3) is 0 Å². The van der Waals surface area contributed by atoms with Crippen LogP contribution in [0.2, 0.25) is 0 Å². The summed E-state index contributed by atoms with van der Waals surface area (Å²) in [7, 11) is 0. The molecule has 2 rings (SSSR count). The largest absolute Gasteiger partial charge is 0.393 e. The van der Waals surface area contributed by atoms with Crippen LogP contribution in [0.25, 0.3) is 0 Å². The van der Waals surface area contributed by atoms with Crippen molar-refractivity contribution in [2.75, 3.05) is 13.1 Å². The number of carbonyl (C=O) groups excluding carboxylic acids is 1. The Hall–Kier alpha value is -0.610. The Labute approximate surface area is 103 Å². The van der Waals surface area contributed by atoms with E-state index < -0.39 is 0 Å². The Morgan fingerprint density at radius 2 is 2.24 bits per heavy atom. The van der Waals surface area contributed by atoms with Crippen molar-refractivity contribution in [1.29, 1.82) is 0 Å². The van der Waals surface area contributed by atoms with E-state index >= 15 is 0 Å². The van der Waals surface area contributed by atoms with Gasteiger partial charge in [-0.05, 0) is 38.5 Å². The third-order valence-electron chi connectivity index (χ3n) is 3.75. The standard InChI is InChI=1S/C13H24N2O2/c1-2-11(16)7-9-15-8-3-4-12(13(15)17)14-10-5-6-10/h10-12,14,16H,2-9H2,1H3. The number of nitrogens with one attached hydrogen (secondary N) is 1. The number of piperidine rings is 1. The number of likely N-dealkylation sites (tertiary alicyclic amines) is 1. The molecule has 0 bridgehead atoms. The van der Waals surface area contributed by atoms with Crippen LogP contribution in [-0.4, -0.2) is 47.2 Å². The molecule has 2 aliphatic rings. The molecule has 2 fully saturated rings. The zero-order valence-electron chi connectivity index (χ0n) is 10.7. The summed E-state index contributed by atoms with van der Waals surface area (Å²) in [5, 5.41) is 13.0. The first-order valence-electron chi connectivity index (χ1n) is 6.93. The van der Waals surface area contributed by atoms with Gasteiger partial charge in [-0.1, -0.05) is 6.92 Å². The lowest BCUT2D eigenvalue weighted by Gasteiger charge is -2.33. The van der Waals surface area contributed by atoms with Crippen molar-refractivity contribution in [3.63, 3.8) is 0 Å². The van der Waals surface area contributed by atoms with Crippen molar-refractivity contribution < 1.29 is 9.90 Å². The smallest absolute Gasteiger partial charge is 0.239 e. The van der Waals surface area contributed by atoms with Gasteiger partial charge in [-0.25, -0.2) is 0 Å². The molecule has 2 N–H and O–H groups in total. The molecule has 4 nitrogen and oxygen atoms in total. The molecule has 98 valence electrons. The fourth-order valence-corrected chi connectivity index (χ4v) is 2.36. The molecule has 1 aliphatic heterocycles. The van der Waals surface area contributed by atoms with Gasteiger partial charge in [-0.3, -0.25) is 4.79 Å². The summed E-state index contributed by atoms with van der Waals surface area (Å²) in [5.74, 6) is 0.242. The van der Waals surface area contributed by atoms with Crippen molar-refractivity contribution >= 4 is 5.91 Å². The molecule has 0 aromatic rings. The van der Waals surface area contributed by atoms with Crippen molar-refractivity contribution in [1.82, 2.24) is 10.2 Å². The van der Waals surface area contributed by atoms with Crippen LogP contribution in [0.3, 0.4) is 0 Å². The van der Waals surface area contributed by atoms with Crippen molar-refractivity contribution in [2.45, 2.75) is 63.6 Å². The molecule has 0 aromatic heterocycles. The number of aliphatic hydroxyl groups is 1. The van der Waals surface area contributed by atoms with E-state index in [1.165, 1.54) is 12.8 Å². The second-order valence-electron chi connectivity index (χ2n) is 5.31. The monoisotopic (exact) mass is 240 g/mol. The topological polar surface area (TPSA) is 52.6 Å². The minimum absolute atomic E-state index is 0.0371. The lowest BCUT2D eigenvalue weighted by Crippen LogP contribution is -2.51. The fraction of sp³-hybridized carbons (Fsp3) is 0.923. The van der Waals surface area contributed by atoms with Gasteiger partial charge in [0.05, 0.1) is 12.1 Å². The van der Waals surface area contributed by atoms with E-state index in [9.17, 15) is 9.90 Å². The summed E-state index contributed by atoms with van der Waals surface area (Å²) < 4.78 is 0. The summed E-state index contributed by atoms with van der Waals surface area (Å²) in [4.78, 5) is 14.1. The first-order valence-corrected chi connectivity index (χ1v) is 6.93. The molecule has 1 amide bonds. The maximum atomic E-state index is 12.2. The van der Waals surface area contributed by atoms with E-state index in [1.807, 2.05) is 11.8 Å². The Morgan fingerprint density at radius 1 is 1.47 bits per heavy atom. The van der Waals surface area contributed by atoms with Gasteiger partial charge >= 0.3 is 0 Å². The maximum Gasteiger partial charge on any atom is 0.239 e. The summed E-state index contributed by atoms with van der Waals surface area (Å²) >= 11 is 0. The number of amides is 1. The van der Waals surface area contributed by atoms with Crippen molar-refractivity contribution in [3.8, 4) is 0 Å². The molecule has 17 heavy (non-hydrogen) atoms. The third-order valence-corrected chi connectivity index (χ3v) is 3.75. The fourth-order valence-electron chi connectivity index (χ4n) is 2.36. The first kappa shape index (κ1) is 12.8. The number of nitrogens with zero attached hydrogens (tertiary/aromatic N) is 1. The molecule has 1 heterocycles. The summed E-state index contributed by atoms with van der Waals surface area (Å²) in [6, 6.07) is 0.625. The predicted molar refractivity (Wildman–Crippen MR) is 66.7 cm³/mol. The number of hydrogen-bond donors (Lipinski definition) is 2. The highest BCUT2D eigenvalue weighted by Crippen LogP contribution is 2.22. The van der Waals surface area contributed by atoms with Crippen LogP contribution < -0.4 is 5.32 Å². The Kier molecular flexibility index (Phi) is 4.40. The minimum Gasteiger partial charge on any atom is -0.393 e. The number of aliphatic hydroxyl groups excluding tert-OH is 1. The van der Waals surface area contributed by atoms with E-state index in [0.717, 1.165) is 25.8 Å². The SMILES string of the molecule is CCC(O)CCN1CCCC(NC2CC2)C1=O. The highest BCUT2D eigenvalue weighted by Gasteiger charge is 2.33. The average Bonchev–Trinajstić information content (AvgIpc) is 3.14. The van der Waals surface area contributed by atoms with Crippen LogP contribution in [0, 0.1) is 0 Å². The van der Waals surface area contributed by atoms with E-state index in [1.54, 1.807) is 0 Å². The molecule has 0 aromatic carbocycles. The predicted octanol–water partition coefficient (Wildman–Crippen LogP) is 0.890. The second kappa shape index (κ2) is 5.83. The molecule has 1 saturated heterocycles. The van der Waals surface area contributed by atoms with Gasteiger partial charge in [0.2, 0.25) is 5.91 Å². The molecular formula is C13H24N2O2. The molecule has 1 saturated carbocycles. The maximum absolute atomic E-state index is 12.2. The van der Waals surface area contributed by atoms with Gasteiger partial charge in [0, 0.05) is 19.1 Å². The zero-order chi connectivity index (χ0) is 12.3. The number of hydrogen-bond acceptors (Lipinski definition) is 3. The first-order chi connectivity index (χ1) is 8.20. The minimum atomic E-state index is -0.264. The summed E-state index contributed by atoms with van der Waals surface area (Å²) in [5.41, 5.74) is 0. The van der Waals surface area contributed by atoms with Crippen LogP contribution in [0.5, 0.6) is 0 Å². The number of rotatable bonds is 6. The van der Waals surface area contributed by atoms with Crippen LogP contribution in [0.15, 0.2) is 0 Å². The van der Waals surface area contributed by atoms with Crippen molar-refractivity contribution in [3.05, 3.63) is 0 Å². The van der Waals surface area contributed by atoms with E-state index in [0.29, 0.717) is 19.0 Å². The van der Waals surface area contributed by atoms with Gasteiger partial charge in [0.1, 0.15) is 0 Å². The normalized spacial score (nSPS) is 27.3. The van der Waals surface area contributed by atoms with Gasteiger partial charge in [-0.15, -0.1) is 0 Å². The van der Waals surface area contributed by atoms with E-state index in [-0.39, 0.29) is 18.1 Å².